The minimum Gasteiger partial charge on any atom is -0.489 e. The van der Waals surface area contributed by atoms with Gasteiger partial charge in [-0.1, -0.05) is 18.2 Å². The minimum absolute atomic E-state index is 0.420. The third-order valence-electron chi connectivity index (χ3n) is 4.38. The van der Waals surface area contributed by atoms with Crippen molar-refractivity contribution in [1.82, 2.24) is 19.6 Å². The fourth-order valence-corrected chi connectivity index (χ4v) is 3.71. The van der Waals surface area contributed by atoms with E-state index in [0.29, 0.717) is 18.0 Å². The molecule has 5 aromatic rings. The quantitative estimate of drug-likeness (QED) is 0.458. The largest absolute Gasteiger partial charge is 0.489 e. The highest BCUT2D eigenvalue weighted by Gasteiger charge is 2.11. The van der Waals surface area contributed by atoms with E-state index in [4.69, 9.17) is 15.0 Å². The molecule has 0 radical (unpaired) electrons. The fourth-order valence-electron chi connectivity index (χ4n) is 2.98. The van der Waals surface area contributed by atoms with E-state index < -0.39 is 0 Å². The Labute approximate surface area is 164 Å². The molecule has 0 fully saturated rings. The topological polar surface area (TPSA) is 76.1 Å². The molecule has 0 saturated heterocycles. The molecule has 0 amide bonds. The maximum atomic E-state index is 8.87. The van der Waals surface area contributed by atoms with Crippen molar-refractivity contribution in [1.29, 1.82) is 5.26 Å². The number of hydrogen-bond acceptors (Lipinski definition) is 6. The number of ether oxygens (including phenoxy) is 1. The average molecular weight is 383 g/mol. The molecule has 3 aromatic heterocycles. The lowest BCUT2D eigenvalue weighted by molar-refractivity contribution is 0.306. The normalized spacial score (nSPS) is 11.0. The summed E-state index contributed by atoms with van der Waals surface area (Å²) in [7, 11) is 0. The first-order valence-electron chi connectivity index (χ1n) is 8.61. The Balaban J connectivity index is 1.42. The van der Waals surface area contributed by atoms with Crippen LogP contribution in [-0.2, 0) is 6.61 Å². The van der Waals surface area contributed by atoms with Gasteiger partial charge in [-0.15, -0.1) is 16.4 Å². The Morgan fingerprint density at radius 2 is 2.00 bits per heavy atom. The number of aromatic nitrogens is 4. The van der Waals surface area contributed by atoms with Gasteiger partial charge in [0.15, 0.2) is 11.5 Å². The molecule has 0 N–H and O–H groups in total. The number of hydrogen-bond donors (Lipinski definition) is 0. The summed E-state index contributed by atoms with van der Waals surface area (Å²) in [4.78, 5) is 10.1. The van der Waals surface area contributed by atoms with Crippen LogP contribution in [0.4, 0.5) is 0 Å². The summed E-state index contributed by atoms with van der Waals surface area (Å²) in [5.41, 5.74) is 3.36. The molecule has 0 aliphatic rings. The fraction of sp³-hybridized carbons (Fsp3) is 0.0476. The van der Waals surface area contributed by atoms with Gasteiger partial charge in [-0.2, -0.15) is 5.26 Å². The van der Waals surface area contributed by atoms with Crippen molar-refractivity contribution in [2.24, 2.45) is 0 Å². The van der Waals surface area contributed by atoms with Gasteiger partial charge >= 0.3 is 0 Å². The van der Waals surface area contributed by atoms with Crippen LogP contribution in [-0.4, -0.2) is 19.6 Å². The number of fused-ring (bicyclic) bond motifs is 3. The Kier molecular flexibility index (Phi) is 3.96. The molecular weight excluding hydrogens is 370 g/mol. The van der Waals surface area contributed by atoms with Gasteiger partial charge in [0, 0.05) is 5.56 Å². The van der Waals surface area contributed by atoms with E-state index in [-0.39, 0.29) is 0 Å². The molecule has 0 saturated carbocycles. The molecule has 0 aliphatic carbocycles. The van der Waals surface area contributed by atoms with Crippen LogP contribution in [0.3, 0.4) is 0 Å². The Bertz CT molecular complexity index is 1330. The highest BCUT2D eigenvalue weighted by atomic mass is 32.1. The average Bonchev–Trinajstić information content (AvgIpc) is 3.39. The van der Waals surface area contributed by atoms with E-state index >= 15 is 0 Å². The SMILES string of the molecule is N#Cc1ccc(OCc2cccc(-c3nc4c5ccsc5ncn4n3)c2)cc1. The van der Waals surface area contributed by atoms with Crippen LogP contribution < -0.4 is 4.74 Å². The summed E-state index contributed by atoms with van der Waals surface area (Å²) in [6, 6.07) is 19.2. The van der Waals surface area contributed by atoms with Gasteiger partial charge < -0.3 is 4.74 Å². The zero-order valence-corrected chi connectivity index (χ0v) is 15.4. The van der Waals surface area contributed by atoms with Crippen LogP contribution in [0.5, 0.6) is 5.75 Å². The molecule has 6 nitrogen and oxygen atoms in total. The molecule has 2 aromatic carbocycles. The number of rotatable bonds is 4. The minimum atomic E-state index is 0.420. The Morgan fingerprint density at radius 3 is 2.86 bits per heavy atom. The lowest BCUT2D eigenvalue weighted by Gasteiger charge is -2.07. The van der Waals surface area contributed by atoms with Gasteiger partial charge in [-0.05, 0) is 47.3 Å². The number of nitrogens with zero attached hydrogens (tertiary/aromatic N) is 5. The van der Waals surface area contributed by atoms with Gasteiger partial charge in [-0.3, -0.25) is 0 Å². The maximum absolute atomic E-state index is 8.87. The first kappa shape index (κ1) is 16.4. The molecule has 0 unspecified atom stereocenters. The van der Waals surface area contributed by atoms with Crippen molar-refractivity contribution in [3.8, 4) is 23.2 Å². The van der Waals surface area contributed by atoms with Crippen LogP contribution >= 0.6 is 11.3 Å². The second kappa shape index (κ2) is 6.76. The van der Waals surface area contributed by atoms with Crippen LogP contribution in [0.1, 0.15) is 11.1 Å². The lowest BCUT2D eigenvalue weighted by atomic mass is 10.1. The molecule has 5 rings (SSSR count). The zero-order chi connectivity index (χ0) is 18.9. The van der Waals surface area contributed by atoms with Gasteiger partial charge in [0.25, 0.3) is 0 Å². The number of nitriles is 1. The monoisotopic (exact) mass is 383 g/mol. The van der Waals surface area contributed by atoms with Crippen molar-refractivity contribution in [2.75, 3.05) is 0 Å². The first-order valence-corrected chi connectivity index (χ1v) is 9.49. The van der Waals surface area contributed by atoms with E-state index in [1.54, 1.807) is 46.4 Å². The standard InChI is InChI=1S/C21H13N5OS/c22-11-14-4-6-17(7-5-14)27-12-15-2-1-3-16(10-15)19-24-20-18-8-9-28-21(18)23-13-26(20)25-19/h1-10,13H,12H2. The van der Waals surface area contributed by atoms with Gasteiger partial charge in [0.2, 0.25) is 0 Å². The third-order valence-corrected chi connectivity index (χ3v) is 5.20. The van der Waals surface area contributed by atoms with Gasteiger partial charge in [0.05, 0.1) is 17.0 Å². The molecular formula is C21H13N5OS. The highest BCUT2D eigenvalue weighted by Crippen LogP contribution is 2.25. The van der Waals surface area contributed by atoms with Crippen molar-refractivity contribution in [2.45, 2.75) is 6.61 Å². The van der Waals surface area contributed by atoms with Crippen molar-refractivity contribution >= 4 is 27.2 Å². The summed E-state index contributed by atoms with van der Waals surface area (Å²) < 4.78 is 7.54. The third kappa shape index (κ3) is 2.96. The predicted molar refractivity (Wildman–Crippen MR) is 107 cm³/mol. The van der Waals surface area contributed by atoms with Crippen LogP contribution in [0, 0.1) is 11.3 Å². The molecule has 3 heterocycles. The van der Waals surface area contributed by atoms with Crippen molar-refractivity contribution in [3.05, 3.63) is 77.4 Å². The zero-order valence-electron chi connectivity index (χ0n) is 14.6. The van der Waals surface area contributed by atoms with Crippen molar-refractivity contribution in [3.63, 3.8) is 0 Å². The summed E-state index contributed by atoms with van der Waals surface area (Å²) >= 11 is 1.59. The molecule has 0 spiro atoms. The Hall–Kier alpha value is -3.76. The summed E-state index contributed by atoms with van der Waals surface area (Å²) in [6.45, 7) is 0.420. The van der Waals surface area contributed by atoms with Crippen LogP contribution in [0.15, 0.2) is 66.3 Å². The number of thiophene rings is 1. The molecule has 0 bridgehead atoms. The number of benzene rings is 2. The highest BCUT2D eigenvalue weighted by molar-refractivity contribution is 7.16. The first-order chi connectivity index (χ1) is 13.8. The van der Waals surface area contributed by atoms with E-state index in [9.17, 15) is 0 Å². The van der Waals surface area contributed by atoms with E-state index in [2.05, 4.69) is 16.2 Å². The van der Waals surface area contributed by atoms with Gasteiger partial charge in [-0.25, -0.2) is 14.5 Å². The molecule has 0 atom stereocenters. The maximum Gasteiger partial charge on any atom is 0.182 e. The Morgan fingerprint density at radius 1 is 1.11 bits per heavy atom. The van der Waals surface area contributed by atoms with Crippen molar-refractivity contribution < 1.29 is 4.74 Å². The van der Waals surface area contributed by atoms with Crippen LogP contribution in [0.2, 0.25) is 0 Å². The van der Waals surface area contributed by atoms with E-state index in [1.807, 2.05) is 35.7 Å². The smallest absolute Gasteiger partial charge is 0.182 e. The molecule has 7 heteroatoms. The lowest BCUT2D eigenvalue weighted by Crippen LogP contribution is -1.96. The molecule has 28 heavy (non-hydrogen) atoms. The summed E-state index contributed by atoms with van der Waals surface area (Å²) in [5, 5.41) is 16.4. The van der Waals surface area contributed by atoms with Crippen LogP contribution in [0.25, 0.3) is 27.3 Å². The van der Waals surface area contributed by atoms with E-state index in [1.165, 1.54) is 0 Å². The second-order valence-corrected chi connectivity index (χ2v) is 7.11. The van der Waals surface area contributed by atoms with Gasteiger partial charge in [0.1, 0.15) is 23.5 Å². The molecule has 0 aliphatic heterocycles. The summed E-state index contributed by atoms with van der Waals surface area (Å²) in [6.07, 6.45) is 1.70. The molecule has 134 valence electrons. The summed E-state index contributed by atoms with van der Waals surface area (Å²) in [5.74, 6) is 1.38. The predicted octanol–water partition coefficient (Wildman–Crippen LogP) is 4.46. The second-order valence-electron chi connectivity index (χ2n) is 6.21. The van der Waals surface area contributed by atoms with E-state index in [0.717, 1.165) is 32.7 Å².